The minimum Gasteiger partial charge on any atom is -0.411 e. The molecule has 12 heteroatoms. The number of hydrogen-bond donors (Lipinski definition) is 2. The van der Waals surface area contributed by atoms with Crippen LogP contribution in [-0.4, -0.2) is 47.0 Å². The molecule has 1 aromatic carbocycles. The van der Waals surface area contributed by atoms with Crippen molar-refractivity contribution >= 4 is 31.9 Å². The summed E-state index contributed by atoms with van der Waals surface area (Å²) in [5.41, 5.74) is 1.83. The van der Waals surface area contributed by atoms with Crippen LogP contribution in [0, 0.1) is 11.7 Å². The number of halogens is 2. The quantitative estimate of drug-likeness (QED) is 0.371. The Morgan fingerprint density at radius 2 is 2.11 bits per heavy atom. The summed E-state index contributed by atoms with van der Waals surface area (Å²) in [5, 5.41) is 25.7. The zero-order valence-corrected chi connectivity index (χ0v) is 17.2. The molecule has 1 aliphatic heterocycles. The van der Waals surface area contributed by atoms with Gasteiger partial charge in [-0.25, -0.2) is 14.2 Å². The molecule has 0 atom stereocenters. The van der Waals surface area contributed by atoms with Crippen molar-refractivity contribution in [2.75, 3.05) is 13.1 Å². The first-order chi connectivity index (χ1) is 13.3. The zero-order valence-electron chi connectivity index (χ0n) is 14.8. The van der Waals surface area contributed by atoms with E-state index in [-0.39, 0.29) is 23.9 Å². The normalized spacial score (nSPS) is 17.2. The lowest BCUT2D eigenvalue weighted by Crippen LogP contribution is -2.42. The fraction of sp³-hybridized carbons (Fsp3) is 0.438. The highest BCUT2D eigenvalue weighted by Crippen LogP contribution is 2.24. The van der Waals surface area contributed by atoms with E-state index in [2.05, 4.69) is 31.4 Å². The van der Waals surface area contributed by atoms with Crippen molar-refractivity contribution in [3.05, 3.63) is 45.4 Å². The Balaban J connectivity index is 1.69. The van der Waals surface area contributed by atoms with E-state index in [4.69, 9.17) is 9.77 Å². The van der Waals surface area contributed by atoms with Crippen LogP contribution in [0.1, 0.15) is 29.8 Å². The van der Waals surface area contributed by atoms with Crippen molar-refractivity contribution in [2.24, 2.45) is 16.2 Å². The number of oxime groups is 1. The van der Waals surface area contributed by atoms with Gasteiger partial charge in [0.05, 0.1) is 4.47 Å². The minimum absolute atomic E-state index is 0.170. The second-order valence-electron chi connectivity index (χ2n) is 6.62. The summed E-state index contributed by atoms with van der Waals surface area (Å²) in [7, 11) is -3.67. The van der Waals surface area contributed by atoms with Gasteiger partial charge in [0.15, 0.2) is 5.69 Å². The first-order valence-corrected chi connectivity index (χ1v) is 10.8. The molecule has 28 heavy (non-hydrogen) atoms. The Hall–Kier alpha value is -1.89. The lowest BCUT2D eigenvalue weighted by atomic mass is 9.91. The molecule has 1 aliphatic rings. The first kappa shape index (κ1) is 20.8. The maximum Gasteiger partial charge on any atom is 0.276 e. The van der Waals surface area contributed by atoms with Crippen molar-refractivity contribution in [1.82, 2.24) is 14.6 Å². The van der Waals surface area contributed by atoms with Crippen molar-refractivity contribution in [3.63, 3.8) is 0 Å². The predicted octanol–water partition coefficient (Wildman–Crippen LogP) is 1.85. The molecule has 1 saturated heterocycles. The van der Waals surface area contributed by atoms with Crippen LogP contribution < -0.4 is 5.14 Å². The molecular formula is C16H19BrFN5O4S. The fourth-order valence-corrected chi connectivity index (χ4v) is 4.36. The summed E-state index contributed by atoms with van der Waals surface area (Å²) in [6, 6.07) is 4.49. The number of rotatable bonds is 6. The Morgan fingerprint density at radius 1 is 1.39 bits per heavy atom. The van der Waals surface area contributed by atoms with Gasteiger partial charge < -0.3 is 5.21 Å². The highest BCUT2D eigenvalue weighted by Gasteiger charge is 2.28. The summed E-state index contributed by atoms with van der Waals surface area (Å²) in [5.74, 6) is -0.218. The molecule has 9 nitrogen and oxygen atoms in total. The fourth-order valence-electron chi connectivity index (χ4n) is 3.21. The van der Waals surface area contributed by atoms with Crippen LogP contribution in [0.15, 0.2) is 32.5 Å². The second-order valence-corrected chi connectivity index (χ2v) is 9.02. The topological polar surface area (TPSA) is 135 Å². The molecule has 3 N–H and O–H groups in total. The van der Waals surface area contributed by atoms with E-state index < -0.39 is 10.2 Å². The van der Waals surface area contributed by atoms with Gasteiger partial charge in [-0.3, -0.25) is 0 Å². The summed E-state index contributed by atoms with van der Waals surface area (Å²) < 4.78 is 42.6. The molecule has 2 aromatic rings. The Morgan fingerprint density at radius 3 is 2.71 bits per heavy atom. The van der Waals surface area contributed by atoms with Crippen molar-refractivity contribution in [2.45, 2.75) is 25.7 Å². The molecule has 152 valence electrons. The maximum absolute atomic E-state index is 13.4. The van der Waals surface area contributed by atoms with Crippen molar-refractivity contribution < 1.29 is 22.6 Å². The number of piperidine rings is 1. The SMILES string of the molecule is NS(=O)(=O)N1CCC(Cc2nonc2C(Cc2ccc(F)c(Br)c2)=NO)CC1. The molecule has 1 aromatic heterocycles. The molecule has 0 amide bonds. The van der Waals surface area contributed by atoms with Crippen LogP contribution in [0.3, 0.4) is 0 Å². The van der Waals surface area contributed by atoms with E-state index in [1.165, 1.54) is 10.4 Å². The maximum atomic E-state index is 13.4. The van der Waals surface area contributed by atoms with E-state index >= 15 is 0 Å². The van der Waals surface area contributed by atoms with Crippen LogP contribution in [-0.2, 0) is 23.1 Å². The molecule has 0 unspecified atom stereocenters. The third-order valence-electron chi connectivity index (χ3n) is 4.72. The molecule has 0 spiro atoms. The predicted molar refractivity (Wildman–Crippen MR) is 102 cm³/mol. The largest absolute Gasteiger partial charge is 0.411 e. The monoisotopic (exact) mass is 475 g/mol. The second kappa shape index (κ2) is 8.64. The highest BCUT2D eigenvalue weighted by molar-refractivity contribution is 9.10. The van der Waals surface area contributed by atoms with E-state index in [1.54, 1.807) is 12.1 Å². The average Bonchev–Trinajstić information content (AvgIpc) is 3.10. The Labute approximate surface area is 169 Å². The van der Waals surface area contributed by atoms with E-state index in [9.17, 15) is 18.0 Å². The number of hydrogen-bond acceptors (Lipinski definition) is 7. The number of benzene rings is 1. The van der Waals surface area contributed by atoms with E-state index in [1.807, 2.05) is 0 Å². The molecule has 2 heterocycles. The molecule has 0 bridgehead atoms. The van der Waals surface area contributed by atoms with Gasteiger partial charge in [-0.2, -0.15) is 12.7 Å². The number of aromatic nitrogens is 2. The first-order valence-electron chi connectivity index (χ1n) is 8.52. The smallest absolute Gasteiger partial charge is 0.276 e. The molecule has 0 aliphatic carbocycles. The number of nitrogens with zero attached hydrogens (tertiary/aromatic N) is 4. The van der Waals surface area contributed by atoms with Crippen molar-refractivity contribution in [1.29, 1.82) is 0 Å². The third-order valence-corrected chi connectivity index (χ3v) is 6.41. The van der Waals surface area contributed by atoms with E-state index in [0.717, 1.165) is 5.56 Å². The van der Waals surface area contributed by atoms with Gasteiger partial charge in [0, 0.05) is 19.5 Å². The van der Waals surface area contributed by atoms with Crippen molar-refractivity contribution in [3.8, 4) is 0 Å². The van der Waals surface area contributed by atoms with Gasteiger partial charge >= 0.3 is 0 Å². The van der Waals surface area contributed by atoms with Crippen LogP contribution in [0.25, 0.3) is 0 Å². The molecule has 0 radical (unpaired) electrons. The summed E-state index contributed by atoms with van der Waals surface area (Å²) in [6.07, 6.45) is 1.96. The summed E-state index contributed by atoms with van der Waals surface area (Å²) >= 11 is 3.13. The molecule has 1 fully saturated rings. The molecule has 3 rings (SSSR count). The third kappa shape index (κ3) is 4.93. The molecule has 0 saturated carbocycles. The molecular weight excluding hydrogens is 457 g/mol. The van der Waals surface area contributed by atoms with Gasteiger partial charge in [0.25, 0.3) is 10.2 Å². The zero-order chi connectivity index (χ0) is 20.3. The lowest BCUT2D eigenvalue weighted by molar-refractivity contribution is 0.264. The van der Waals surface area contributed by atoms with Gasteiger partial charge in [0.1, 0.15) is 17.2 Å². The minimum atomic E-state index is -3.67. The van der Waals surface area contributed by atoms with Crippen LogP contribution in [0.2, 0.25) is 0 Å². The number of nitrogens with two attached hydrogens (primary N) is 1. The van der Waals surface area contributed by atoms with Gasteiger partial charge in [-0.1, -0.05) is 16.4 Å². The van der Waals surface area contributed by atoms with Crippen LogP contribution >= 0.6 is 15.9 Å². The van der Waals surface area contributed by atoms with Gasteiger partial charge in [-0.15, -0.1) is 0 Å². The van der Waals surface area contributed by atoms with Crippen LogP contribution in [0.5, 0.6) is 0 Å². The van der Waals surface area contributed by atoms with Gasteiger partial charge in [-0.05, 0) is 64.0 Å². The average molecular weight is 476 g/mol. The van der Waals surface area contributed by atoms with Crippen LogP contribution in [0.4, 0.5) is 4.39 Å². The summed E-state index contributed by atoms with van der Waals surface area (Å²) in [4.78, 5) is 0. The Bertz CT molecular complexity index is 973. The standard InChI is InChI=1S/C16H19BrFN5O4S/c17-12-7-11(1-2-13(12)18)9-14(20-24)16-15(21-27-22-16)8-10-3-5-23(6-4-10)28(19,25)26/h1-2,7,10,24H,3-6,8-9H2,(H2,19,25,26). The summed E-state index contributed by atoms with van der Waals surface area (Å²) in [6.45, 7) is 0.684. The Kier molecular flexibility index (Phi) is 6.43. The van der Waals surface area contributed by atoms with Gasteiger partial charge in [0.2, 0.25) is 0 Å². The van der Waals surface area contributed by atoms with E-state index in [0.29, 0.717) is 48.2 Å². The lowest BCUT2D eigenvalue weighted by Gasteiger charge is -2.29. The highest BCUT2D eigenvalue weighted by atomic mass is 79.9.